The van der Waals surface area contributed by atoms with Crippen molar-refractivity contribution in [1.29, 1.82) is 0 Å². The van der Waals surface area contributed by atoms with Gasteiger partial charge < -0.3 is 19.3 Å². The van der Waals surface area contributed by atoms with Gasteiger partial charge in [-0.15, -0.1) is 4.72 Å². The summed E-state index contributed by atoms with van der Waals surface area (Å²) in [5.74, 6) is 0. The van der Waals surface area contributed by atoms with E-state index in [9.17, 15) is 14.5 Å². The quantitative estimate of drug-likeness (QED) is 0.764. The van der Waals surface area contributed by atoms with Crippen molar-refractivity contribution in [3.8, 4) is 0 Å². The topological polar surface area (TPSA) is 84.9 Å². The molecule has 0 saturated carbocycles. The van der Waals surface area contributed by atoms with E-state index in [0.29, 0.717) is 13.1 Å². The molecule has 1 amide bonds. The molecule has 0 bridgehead atoms. The average molecular weight is 334 g/mol. The summed E-state index contributed by atoms with van der Waals surface area (Å²) in [5.41, 5.74) is -1.01. The van der Waals surface area contributed by atoms with E-state index in [0.717, 1.165) is 0 Å². The van der Waals surface area contributed by atoms with Crippen LogP contribution < -0.4 is 4.72 Å². The minimum absolute atomic E-state index is 0.0677. The van der Waals surface area contributed by atoms with Crippen LogP contribution in [0.5, 0.6) is 0 Å². The van der Waals surface area contributed by atoms with Gasteiger partial charge in [-0.25, -0.2) is 4.79 Å². The van der Waals surface area contributed by atoms with E-state index in [2.05, 4.69) is 4.72 Å². The first kappa shape index (κ1) is 19.5. The molecule has 0 aromatic carbocycles. The van der Waals surface area contributed by atoms with Crippen molar-refractivity contribution in [2.75, 3.05) is 19.7 Å². The molecular weight excluding hydrogens is 304 g/mol. The SMILES string of the molecule is CC(N[S+]([O-])C(C)(C)C)C1(CO)CN(C(=O)OC(C)(C)C)C1. The van der Waals surface area contributed by atoms with Crippen molar-refractivity contribution in [2.24, 2.45) is 5.41 Å². The maximum Gasteiger partial charge on any atom is 0.410 e. The number of hydrogen-bond acceptors (Lipinski definition) is 5. The van der Waals surface area contributed by atoms with Crippen molar-refractivity contribution in [3.05, 3.63) is 0 Å². The number of rotatable bonds is 4. The molecule has 7 heteroatoms. The highest BCUT2D eigenvalue weighted by Gasteiger charge is 2.51. The molecule has 1 saturated heterocycles. The Hall–Kier alpha value is -0.500. The Bertz CT molecular complexity index is 397. The zero-order chi connectivity index (χ0) is 17.3. The number of carbonyl (C=O) groups excluding carboxylic acids is 1. The molecule has 2 unspecified atom stereocenters. The van der Waals surface area contributed by atoms with Crippen LogP contribution in [-0.4, -0.2) is 56.7 Å². The molecule has 0 aliphatic carbocycles. The Morgan fingerprint density at radius 2 is 1.86 bits per heavy atom. The normalized spacial score (nSPS) is 21.0. The van der Waals surface area contributed by atoms with Gasteiger partial charge in [-0.2, -0.15) is 0 Å². The highest BCUT2D eigenvalue weighted by Crippen LogP contribution is 2.35. The molecule has 1 aliphatic rings. The summed E-state index contributed by atoms with van der Waals surface area (Å²) in [4.78, 5) is 13.6. The van der Waals surface area contributed by atoms with Crippen LogP contribution in [0.4, 0.5) is 4.79 Å². The predicted molar refractivity (Wildman–Crippen MR) is 87.8 cm³/mol. The molecule has 0 radical (unpaired) electrons. The van der Waals surface area contributed by atoms with E-state index in [1.165, 1.54) is 0 Å². The monoisotopic (exact) mass is 334 g/mol. The van der Waals surface area contributed by atoms with E-state index >= 15 is 0 Å². The molecule has 1 heterocycles. The van der Waals surface area contributed by atoms with Gasteiger partial charge in [-0.1, -0.05) is 0 Å². The maximum atomic E-state index is 12.2. The Labute approximate surface area is 136 Å². The molecule has 130 valence electrons. The Morgan fingerprint density at radius 3 is 2.23 bits per heavy atom. The van der Waals surface area contributed by atoms with Crippen LogP contribution in [0.1, 0.15) is 48.5 Å². The smallest absolute Gasteiger partial charge is 0.410 e. The third-order valence-electron chi connectivity index (χ3n) is 3.74. The van der Waals surface area contributed by atoms with Gasteiger partial charge in [0.25, 0.3) is 0 Å². The van der Waals surface area contributed by atoms with Crippen molar-refractivity contribution in [2.45, 2.75) is 64.9 Å². The van der Waals surface area contributed by atoms with Crippen LogP contribution in [0.3, 0.4) is 0 Å². The van der Waals surface area contributed by atoms with Crippen LogP contribution in [0.2, 0.25) is 0 Å². The van der Waals surface area contributed by atoms with Crippen molar-refractivity contribution in [1.82, 2.24) is 9.62 Å². The fraction of sp³-hybridized carbons (Fsp3) is 0.933. The van der Waals surface area contributed by atoms with Gasteiger partial charge in [0, 0.05) is 29.9 Å². The van der Waals surface area contributed by atoms with Gasteiger partial charge in [0.05, 0.1) is 12.6 Å². The van der Waals surface area contributed by atoms with Crippen LogP contribution in [0.25, 0.3) is 0 Å². The van der Waals surface area contributed by atoms with Gasteiger partial charge in [-0.05, 0) is 48.5 Å². The fourth-order valence-electron chi connectivity index (χ4n) is 2.14. The molecular formula is C15H30N2O4S. The van der Waals surface area contributed by atoms with E-state index < -0.39 is 22.4 Å². The van der Waals surface area contributed by atoms with Gasteiger partial charge in [0.15, 0.2) is 0 Å². The molecule has 0 aromatic heterocycles. The molecule has 1 aliphatic heterocycles. The fourth-order valence-corrected chi connectivity index (χ4v) is 3.07. The number of ether oxygens (including phenoxy) is 1. The maximum absolute atomic E-state index is 12.2. The zero-order valence-electron chi connectivity index (χ0n) is 14.7. The van der Waals surface area contributed by atoms with E-state index in [-0.39, 0.29) is 23.5 Å². The van der Waals surface area contributed by atoms with E-state index in [1.807, 2.05) is 48.5 Å². The third-order valence-corrected chi connectivity index (χ3v) is 5.42. The average Bonchev–Trinajstić information content (AvgIpc) is 2.24. The first-order valence-corrected chi connectivity index (χ1v) is 8.72. The number of nitrogens with zero attached hydrogens (tertiary/aromatic N) is 1. The first-order valence-electron chi connectivity index (χ1n) is 7.57. The van der Waals surface area contributed by atoms with E-state index in [4.69, 9.17) is 4.74 Å². The second kappa shape index (κ2) is 6.55. The Morgan fingerprint density at radius 1 is 1.36 bits per heavy atom. The third kappa shape index (κ3) is 4.75. The summed E-state index contributed by atoms with van der Waals surface area (Å²) in [6.07, 6.45) is -0.374. The number of amides is 1. The van der Waals surface area contributed by atoms with Crippen molar-refractivity contribution in [3.63, 3.8) is 0 Å². The van der Waals surface area contributed by atoms with Crippen LogP contribution >= 0.6 is 0 Å². The number of aliphatic hydroxyl groups excluding tert-OH is 1. The molecule has 6 nitrogen and oxygen atoms in total. The molecule has 0 spiro atoms. The molecule has 1 fully saturated rings. The lowest BCUT2D eigenvalue weighted by Gasteiger charge is -2.52. The Balaban J connectivity index is 2.61. The number of hydrogen-bond donors (Lipinski definition) is 2. The summed E-state index contributed by atoms with van der Waals surface area (Å²) in [5, 5.41) is 9.74. The minimum Gasteiger partial charge on any atom is -0.598 e. The van der Waals surface area contributed by atoms with Gasteiger partial charge in [0.1, 0.15) is 10.3 Å². The summed E-state index contributed by atoms with van der Waals surface area (Å²) in [6, 6.07) is -0.170. The lowest BCUT2D eigenvalue weighted by Crippen LogP contribution is -2.68. The predicted octanol–water partition coefficient (Wildman–Crippen LogP) is 1.66. The van der Waals surface area contributed by atoms with Crippen LogP contribution in [0, 0.1) is 5.41 Å². The highest BCUT2D eigenvalue weighted by atomic mass is 32.2. The van der Waals surface area contributed by atoms with Crippen molar-refractivity contribution < 1.29 is 19.2 Å². The van der Waals surface area contributed by atoms with E-state index in [1.54, 1.807) is 4.90 Å². The lowest BCUT2D eigenvalue weighted by molar-refractivity contribution is -0.0673. The van der Waals surface area contributed by atoms with Crippen LogP contribution in [-0.2, 0) is 16.1 Å². The molecule has 1 rings (SSSR count). The largest absolute Gasteiger partial charge is 0.598 e. The summed E-state index contributed by atoms with van der Waals surface area (Å²) < 4.78 is 20.2. The second-order valence-electron chi connectivity index (χ2n) is 8.08. The van der Waals surface area contributed by atoms with Gasteiger partial charge in [0.2, 0.25) is 0 Å². The number of aliphatic hydroxyl groups is 1. The first-order chi connectivity index (χ1) is 9.81. The zero-order valence-corrected chi connectivity index (χ0v) is 15.5. The summed E-state index contributed by atoms with van der Waals surface area (Å²) in [7, 11) is 0. The second-order valence-corrected chi connectivity index (χ2v) is 10.1. The standard InChI is InChI=1S/C15H30N2O4S/c1-11(16-22(20)14(5,6)7)15(10-18)8-17(9-15)12(19)21-13(2,3)4/h11,16,18H,8-10H2,1-7H3. The molecule has 2 N–H and O–H groups in total. The van der Waals surface area contributed by atoms with Crippen molar-refractivity contribution >= 4 is 17.5 Å². The van der Waals surface area contributed by atoms with Crippen LogP contribution in [0.15, 0.2) is 0 Å². The minimum atomic E-state index is -1.22. The summed E-state index contributed by atoms with van der Waals surface area (Å²) >= 11 is -1.22. The van der Waals surface area contributed by atoms with Gasteiger partial charge >= 0.3 is 6.09 Å². The Kier molecular flexibility index (Phi) is 5.82. The molecule has 22 heavy (non-hydrogen) atoms. The molecule has 2 atom stereocenters. The number of carbonyl (C=O) groups is 1. The highest BCUT2D eigenvalue weighted by molar-refractivity contribution is 7.90. The van der Waals surface area contributed by atoms with Gasteiger partial charge in [-0.3, -0.25) is 0 Å². The molecule has 0 aromatic rings. The number of nitrogens with one attached hydrogen (secondary N) is 1. The number of likely N-dealkylation sites (tertiary alicyclic amines) is 1. The lowest BCUT2D eigenvalue weighted by atomic mass is 9.75. The summed E-state index contributed by atoms with van der Waals surface area (Å²) in [6.45, 7) is 13.8.